The molecule has 0 saturated carbocycles. The van der Waals surface area contributed by atoms with Gasteiger partial charge in [-0.1, -0.05) is 41.1 Å². The largest absolute Gasteiger partial charge is 2.00 e. The van der Waals surface area contributed by atoms with Crippen LogP contribution in [0.4, 0.5) is 0 Å². The molecule has 3 aromatic carbocycles. The first-order valence-electron chi connectivity index (χ1n) is 4.87. The van der Waals surface area contributed by atoms with Crippen molar-refractivity contribution in [3.05, 3.63) is 54.6 Å². The van der Waals surface area contributed by atoms with Gasteiger partial charge in [-0.05, 0) is 5.39 Å². The Morgan fingerprint density at radius 3 is 2.33 bits per heavy atom. The van der Waals surface area contributed by atoms with Gasteiger partial charge in [-0.25, -0.2) is 0 Å². The van der Waals surface area contributed by atoms with Crippen LogP contribution < -0.4 is 24.8 Å². The number of phenolic OH excluding ortho intramolecular Hbond substituents is 1. The molecule has 0 fully saturated rings. The van der Waals surface area contributed by atoms with Crippen molar-refractivity contribution >= 4 is 21.5 Å². The molecule has 0 saturated heterocycles. The summed E-state index contributed by atoms with van der Waals surface area (Å²) in [6.07, 6.45) is 0. The number of hydrogen-bond donors (Lipinski definition) is 1. The molecule has 0 amide bonds. The Morgan fingerprint density at radius 1 is 0.889 bits per heavy atom. The maximum Gasteiger partial charge on any atom is 2.00 e. The maximum atomic E-state index is 9.84. The minimum atomic E-state index is 0. The molecule has 0 atom stereocenters. The Balaban J connectivity index is 0.000000963. The first-order valence-corrected chi connectivity index (χ1v) is 4.87. The Labute approximate surface area is 132 Å². The van der Waals surface area contributed by atoms with E-state index in [2.05, 4.69) is 12.1 Å². The average Bonchev–Trinajstić information content (AvgIpc) is 2.30. The van der Waals surface area contributed by atoms with Gasteiger partial charge in [0, 0.05) is 5.75 Å². The minimum absolute atomic E-state index is 0. The topological polar surface area (TPSA) is 20.2 Å². The monoisotopic (exact) mass is 369 g/mol. The Hall–Kier alpha value is -0.778. The van der Waals surface area contributed by atoms with E-state index in [1.807, 2.05) is 36.4 Å². The summed E-state index contributed by atoms with van der Waals surface area (Å²) in [6.45, 7) is 0. The molecule has 0 unspecified atom stereocenters. The average molecular weight is 371 g/mol. The molecule has 0 heterocycles. The van der Waals surface area contributed by atoms with Crippen molar-refractivity contribution in [2.75, 3.05) is 0 Å². The van der Waals surface area contributed by atoms with Crippen LogP contribution in [-0.4, -0.2) is 5.11 Å². The van der Waals surface area contributed by atoms with E-state index >= 15 is 0 Å². The van der Waals surface area contributed by atoms with Crippen LogP contribution >= 0.6 is 0 Å². The summed E-state index contributed by atoms with van der Waals surface area (Å²) in [7, 11) is 0. The van der Waals surface area contributed by atoms with Gasteiger partial charge in [-0.2, -0.15) is 0 Å². The van der Waals surface area contributed by atoms with E-state index < -0.39 is 0 Å². The first kappa shape index (κ1) is 17.2. The summed E-state index contributed by atoms with van der Waals surface area (Å²) in [6, 6.07) is 18.7. The smallest absolute Gasteiger partial charge is 1.00 e. The van der Waals surface area contributed by atoms with Gasteiger partial charge in [0.05, 0.1) is 0 Å². The molecular formula is C14H9Cl2OPd-. The molecule has 0 aliphatic heterocycles. The van der Waals surface area contributed by atoms with Gasteiger partial charge in [0.1, 0.15) is 0 Å². The van der Waals surface area contributed by atoms with Crippen molar-refractivity contribution in [2.24, 2.45) is 0 Å². The minimum Gasteiger partial charge on any atom is -1.00 e. The van der Waals surface area contributed by atoms with Crippen LogP contribution in [-0.2, 0) is 20.4 Å². The van der Waals surface area contributed by atoms with Gasteiger partial charge in [-0.3, -0.25) is 0 Å². The standard InChI is InChI=1S/C14H9O.2ClH.Pd/c15-14-9-10-5-1-2-6-11(10)12-7-3-4-8-13(12)14;;;/h1-7,9,15H;2*1H;/q-1;;;+2/p-2. The second-order valence-electron chi connectivity index (χ2n) is 3.58. The zero-order valence-corrected chi connectivity index (χ0v) is 12.2. The Bertz CT molecular complexity index is 655. The molecule has 0 aliphatic rings. The van der Waals surface area contributed by atoms with Crippen LogP contribution in [0.1, 0.15) is 0 Å². The number of phenols is 1. The molecule has 18 heavy (non-hydrogen) atoms. The predicted molar refractivity (Wildman–Crippen MR) is 62.0 cm³/mol. The zero-order valence-electron chi connectivity index (χ0n) is 9.14. The third-order valence-electron chi connectivity index (χ3n) is 2.66. The van der Waals surface area contributed by atoms with E-state index in [1.165, 1.54) is 0 Å². The first-order chi connectivity index (χ1) is 7.36. The van der Waals surface area contributed by atoms with Gasteiger partial charge >= 0.3 is 20.4 Å². The molecule has 0 aliphatic carbocycles. The number of rotatable bonds is 0. The molecule has 0 radical (unpaired) electrons. The van der Waals surface area contributed by atoms with Crippen molar-refractivity contribution in [3.8, 4) is 5.75 Å². The van der Waals surface area contributed by atoms with E-state index in [4.69, 9.17) is 0 Å². The molecule has 0 spiro atoms. The van der Waals surface area contributed by atoms with Gasteiger partial charge in [-0.15, -0.1) is 29.7 Å². The van der Waals surface area contributed by atoms with Crippen LogP contribution in [0.25, 0.3) is 21.5 Å². The summed E-state index contributed by atoms with van der Waals surface area (Å²) < 4.78 is 0. The third-order valence-corrected chi connectivity index (χ3v) is 2.66. The van der Waals surface area contributed by atoms with Crippen LogP contribution in [0.3, 0.4) is 0 Å². The zero-order chi connectivity index (χ0) is 10.3. The molecule has 4 heteroatoms. The summed E-state index contributed by atoms with van der Waals surface area (Å²) in [5, 5.41) is 13.9. The second-order valence-corrected chi connectivity index (χ2v) is 3.58. The van der Waals surface area contributed by atoms with Crippen molar-refractivity contribution in [3.63, 3.8) is 0 Å². The van der Waals surface area contributed by atoms with E-state index in [0.29, 0.717) is 5.75 Å². The Morgan fingerprint density at radius 2 is 1.56 bits per heavy atom. The molecule has 1 nitrogen and oxygen atoms in total. The summed E-state index contributed by atoms with van der Waals surface area (Å²) in [4.78, 5) is 0. The third kappa shape index (κ3) is 2.79. The van der Waals surface area contributed by atoms with E-state index in [-0.39, 0.29) is 45.2 Å². The van der Waals surface area contributed by atoms with Gasteiger partial charge in [0.15, 0.2) is 0 Å². The molecular weight excluding hydrogens is 361 g/mol. The van der Waals surface area contributed by atoms with Crippen molar-refractivity contribution in [2.45, 2.75) is 0 Å². The summed E-state index contributed by atoms with van der Waals surface area (Å²) in [5.41, 5.74) is 0. The number of benzene rings is 3. The van der Waals surface area contributed by atoms with Crippen molar-refractivity contribution < 1.29 is 50.3 Å². The second kappa shape index (κ2) is 6.97. The molecule has 1 N–H and O–H groups in total. The Kier molecular flexibility index (Phi) is 6.67. The van der Waals surface area contributed by atoms with E-state index in [9.17, 15) is 5.11 Å². The summed E-state index contributed by atoms with van der Waals surface area (Å²) in [5.74, 6) is 0.296. The van der Waals surface area contributed by atoms with Crippen molar-refractivity contribution in [1.82, 2.24) is 0 Å². The fourth-order valence-corrected chi connectivity index (χ4v) is 1.96. The fraction of sp³-hybridized carbons (Fsp3) is 0. The van der Waals surface area contributed by atoms with Gasteiger partial charge in [0.2, 0.25) is 0 Å². The molecule has 0 aromatic heterocycles. The van der Waals surface area contributed by atoms with Gasteiger partial charge < -0.3 is 29.9 Å². The quantitative estimate of drug-likeness (QED) is 0.264. The normalized spacial score (nSPS) is 9.11. The van der Waals surface area contributed by atoms with Gasteiger partial charge in [0.25, 0.3) is 0 Å². The van der Waals surface area contributed by atoms with E-state index in [0.717, 1.165) is 21.5 Å². The van der Waals surface area contributed by atoms with Crippen LogP contribution in [0.2, 0.25) is 0 Å². The number of fused-ring (bicyclic) bond motifs is 3. The number of aromatic hydroxyl groups is 1. The fourth-order valence-electron chi connectivity index (χ4n) is 1.96. The van der Waals surface area contributed by atoms with Crippen LogP contribution in [0.5, 0.6) is 5.75 Å². The molecule has 96 valence electrons. The van der Waals surface area contributed by atoms with E-state index in [1.54, 1.807) is 6.07 Å². The summed E-state index contributed by atoms with van der Waals surface area (Å²) >= 11 is 0. The molecule has 3 rings (SSSR count). The number of halogens is 2. The molecule has 0 bridgehead atoms. The SMILES string of the molecule is Oc1cc2ccccc2c2ccc[c-]c12.[Cl-].[Cl-].[Pd+2]. The van der Waals surface area contributed by atoms with Crippen molar-refractivity contribution in [1.29, 1.82) is 0 Å². The van der Waals surface area contributed by atoms with Crippen LogP contribution in [0.15, 0.2) is 48.5 Å². The maximum absolute atomic E-state index is 9.84. The molecule has 3 aromatic rings. The predicted octanol–water partition coefficient (Wildman–Crippen LogP) is -2.50. The van der Waals surface area contributed by atoms with Crippen LogP contribution in [0, 0.1) is 6.07 Å². The number of hydrogen-bond acceptors (Lipinski definition) is 1.